The highest BCUT2D eigenvalue weighted by molar-refractivity contribution is 14.1. The maximum atomic E-state index is 11.0. The summed E-state index contributed by atoms with van der Waals surface area (Å²) >= 11 is 6.37. The van der Waals surface area contributed by atoms with Crippen molar-refractivity contribution in [2.75, 3.05) is 0 Å². The molecular formula is C6H2I3O. The fraction of sp³-hybridized carbons (Fsp3) is 0. The number of rotatable bonds is 0. The third kappa shape index (κ3) is 2.10. The van der Waals surface area contributed by atoms with Crippen LogP contribution in [0.25, 0.3) is 0 Å². The van der Waals surface area contributed by atoms with E-state index < -0.39 is 0 Å². The predicted octanol–water partition coefficient (Wildman–Crippen LogP) is 3.64. The molecule has 4 heteroatoms. The Labute approximate surface area is 100 Å². The normalized spacial score (nSPS) is 9.90. The molecule has 0 unspecified atom stereocenters. The first-order valence-electron chi connectivity index (χ1n) is 2.43. The average molecular weight is 471 g/mol. The second kappa shape index (κ2) is 3.74. The van der Waals surface area contributed by atoms with E-state index in [0.29, 0.717) is 0 Å². The van der Waals surface area contributed by atoms with E-state index in [2.05, 4.69) is 67.8 Å². The van der Waals surface area contributed by atoms with Crippen molar-refractivity contribution in [3.63, 3.8) is 0 Å². The van der Waals surface area contributed by atoms with Crippen molar-refractivity contribution in [3.05, 3.63) is 22.8 Å². The van der Waals surface area contributed by atoms with E-state index in [1.165, 1.54) is 0 Å². The molecule has 1 nitrogen and oxygen atoms in total. The summed E-state index contributed by atoms with van der Waals surface area (Å²) in [4.78, 5) is 0. The molecule has 0 bridgehead atoms. The predicted molar refractivity (Wildman–Crippen MR) is 64.7 cm³/mol. The van der Waals surface area contributed by atoms with Crippen LogP contribution in [0.15, 0.2) is 12.1 Å². The van der Waals surface area contributed by atoms with E-state index in [1.807, 2.05) is 6.07 Å². The van der Waals surface area contributed by atoms with Gasteiger partial charge in [0.15, 0.2) is 5.75 Å². The van der Waals surface area contributed by atoms with Gasteiger partial charge in [0.05, 0.1) is 3.57 Å². The van der Waals surface area contributed by atoms with Crippen molar-refractivity contribution in [2.45, 2.75) is 0 Å². The Balaban J connectivity index is 3.31. The van der Waals surface area contributed by atoms with Gasteiger partial charge in [-0.2, -0.15) is 0 Å². The second-order valence-corrected chi connectivity index (χ2v) is 5.19. The zero-order chi connectivity index (χ0) is 7.72. The van der Waals surface area contributed by atoms with Gasteiger partial charge in [-0.3, -0.25) is 5.11 Å². The Hall–Kier alpha value is 1.21. The summed E-state index contributed by atoms with van der Waals surface area (Å²) in [6, 6.07) is 3.63. The van der Waals surface area contributed by atoms with Gasteiger partial charge in [0.1, 0.15) is 0 Å². The molecule has 1 rings (SSSR count). The first kappa shape index (κ1) is 9.30. The minimum Gasteiger partial charge on any atom is -0.289 e. The Bertz CT molecular complexity index is 236. The Morgan fingerprint density at radius 3 is 2.20 bits per heavy atom. The topological polar surface area (TPSA) is 19.9 Å². The smallest absolute Gasteiger partial charge is 0.194 e. The summed E-state index contributed by atoms with van der Waals surface area (Å²) in [5.74, 6) is 0.122. The molecule has 0 aromatic heterocycles. The standard InChI is InChI=1S/C6H2I3O/c7-3-1-4(8)6(9)5(10)2-3/h1-2H. The zero-order valence-electron chi connectivity index (χ0n) is 4.70. The molecule has 0 aliphatic carbocycles. The van der Waals surface area contributed by atoms with Gasteiger partial charge in [-0.05, 0) is 79.9 Å². The number of halogens is 3. The van der Waals surface area contributed by atoms with Crippen LogP contribution in [0.4, 0.5) is 0 Å². The quantitative estimate of drug-likeness (QED) is 0.408. The summed E-state index contributed by atoms with van der Waals surface area (Å²) in [5.41, 5.74) is 0. The summed E-state index contributed by atoms with van der Waals surface area (Å²) in [7, 11) is 0. The van der Waals surface area contributed by atoms with Gasteiger partial charge < -0.3 is 0 Å². The Morgan fingerprint density at radius 2 is 1.70 bits per heavy atom. The fourth-order valence-electron chi connectivity index (χ4n) is 0.532. The Morgan fingerprint density at radius 1 is 1.10 bits per heavy atom. The lowest BCUT2D eigenvalue weighted by Crippen LogP contribution is -1.80. The highest BCUT2D eigenvalue weighted by Crippen LogP contribution is 2.27. The van der Waals surface area contributed by atoms with Crippen molar-refractivity contribution in [2.24, 2.45) is 0 Å². The van der Waals surface area contributed by atoms with Crippen molar-refractivity contribution in [1.82, 2.24) is 0 Å². The largest absolute Gasteiger partial charge is 0.289 e. The molecule has 1 aromatic rings. The summed E-state index contributed by atoms with van der Waals surface area (Å²) < 4.78 is 2.86. The molecule has 0 saturated heterocycles. The van der Waals surface area contributed by atoms with Crippen molar-refractivity contribution in [3.8, 4) is 5.75 Å². The monoisotopic (exact) mass is 471 g/mol. The second-order valence-electron chi connectivity index (χ2n) is 1.70. The van der Waals surface area contributed by atoms with Crippen LogP contribution in [-0.2, 0) is 5.11 Å². The highest BCUT2D eigenvalue weighted by Gasteiger charge is 2.04. The third-order valence-corrected chi connectivity index (χ3v) is 4.58. The minimum atomic E-state index is 0.122. The van der Waals surface area contributed by atoms with Crippen LogP contribution in [-0.4, -0.2) is 0 Å². The first-order valence-corrected chi connectivity index (χ1v) is 5.66. The average Bonchev–Trinajstić information content (AvgIpc) is 1.82. The van der Waals surface area contributed by atoms with Gasteiger partial charge >= 0.3 is 0 Å². The number of hydrogen-bond donors (Lipinski definition) is 0. The number of hydrogen-bond acceptors (Lipinski definition) is 0. The molecule has 53 valence electrons. The van der Waals surface area contributed by atoms with E-state index in [-0.39, 0.29) is 5.75 Å². The molecule has 0 aliphatic heterocycles. The van der Waals surface area contributed by atoms with E-state index in [1.54, 1.807) is 6.07 Å². The minimum absolute atomic E-state index is 0.122. The van der Waals surface area contributed by atoms with Crippen LogP contribution in [0.1, 0.15) is 0 Å². The molecule has 0 fully saturated rings. The maximum absolute atomic E-state index is 11.0. The highest BCUT2D eigenvalue weighted by atomic mass is 127. The molecule has 0 amide bonds. The van der Waals surface area contributed by atoms with Crippen LogP contribution in [0.3, 0.4) is 0 Å². The van der Waals surface area contributed by atoms with Gasteiger partial charge in [0, 0.05) is 7.14 Å². The third-order valence-electron chi connectivity index (χ3n) is 0.960. The van der Waals surface area contributed by atoms with Gasteiger partial charge in [-0.15, -0.1) is 0 Å². The van der Waals surface area contributed by atoms with Crippen LogP contribution in [0.2, 0.25) is 0 Å². The summed E-state index contributed by atoms with van der Waals surface area (Å²) in [6.07, 6.45) is 0. The molecule has 10 heavy (non-hydrogen) atoms. The fourth-order valence-corrected chi connectivity index (χ4v) is 2.64. The summed E-state index contributed by atoms with van der Waals surface area (Å²) in [5, 5.41) is 11.0. The zero-order valence-corrected chi connectivity index (χ0v) is 11.2. The molecule has 0 spiro atoms. The molecule has 0 aliphatic rings. The molecule has 0 N–H and O–H groups in total. The van der Waals surface area contributed by atoms with Crippen LogP contribution < -0.4 is 0 Å². The molecular weight excluding hydrogens is 469 g/mol. The van der Waals surface area contributed by atoms with Crippen molar-refractivity contribution in [1.29, 1.82) is 0 Å². The van der Waals surface area contributed by atoms with Gasteiger partial charge in [0.25, 0.3) is 0 Å². The van der Waals surface area contributed by atoms with Crippen LogP contribution in [0.5, 0.6) is 5.75 Å². The molecule has 1 radical (unpaired) electrons. The number of benzene rings is 1. The van der Waals surface area contributed by atoms with Gasteiger partial charge in [-0.1, -0.05) is 0 Å². The molecule has 0 saturated carbocycles. The van der Waals surface area contributed by atoms with Crippen LogP contribution in [0, 0.1) is 10.7 Å². The first-order chi connectivity index (χ1) is 4.61. The SMILES string of the molecule is [O]c1cc(I)cc(I)c1I. The Kier molecular flexibility index (Phi) is 3.48. The van der Waals surface area contributed by atoms with E-state index >= 15 is 0 Å². The van der Waals surface area contributed by atoms with E-state index in [4.69, 9.17) is 0 Å². The van der Waals surface area contributed by atoms with E-state index in [9.17, 15) is 5.11 Å². The molecule has 1 aromatic carbocycles. The summed E-state index contributed by atoms with van der Waals surface area (Å²) in [6.45, 7) is 0. The lowest BCUT2D eigenvalue weighted by Gasteiger charge is -1.96. The van der Waals surface area contributed by atoms with Gasteiger partial charge in [-0.25, -0.2) is 0 Å². The lowest BCUT2D eigenvalue weighted by molar-refractivity contribution is 0.351. The van der Waals surface area contributed by atoms with Crippen molar-refractivity contribution < 1.29 is 5.11 Å². The van der Waals surface area contributed by atoms with Crippen LogP contribution >= 0.6 is 67.8 Å². The lowest BCUT2D eigenvalue weighted by atomic mass is 10.3. The molecule has 0 atom stereocenters. The molecule has 0 heterocycles. The van der Waals surface area contributed by atoms with E-state index in [0.717, 1.165) is 10.7 Å². The van der Waals surface area contributed by atoms with Gasteiger partial charge in [0.2, 0.25) is 0 Å². The van der Waals surface area contributed by atoms with Crippen molar-refractivity contribution >= 4 is 67.8 Å². The maximum Gasteiger partial charge on any atom is 0.194 e.